The van der Waals surface area contributed by atoms with Crippen LogP contribution in [0.25, 0.3) is 16.6 Å². The van der Waals surface area contributed by atoms with E-state index in [9.17, 15) is 0 Å². The Balaban J connectivity index is 1.36. The lowest BCUT2D eigenvalue weighted by Gasteiger charge is -2.25. The van der Waals surface area contributed by atoms with Crippen molar-refractivity contribution in [3.8, 4) is 5.75 Å². The first-order valence-corrected chi connectivity index (χ1v) is 9.67. The maximum absolute atomic E-state index is 5.76. The molecule has 144 valence electrons. The number of hydrogen-bond acceptors (Lipinski definition) is 7. The fraction of sp³-hybridized carbons (Fsp3) is 0.190. The Morgan fingerprint density at radius 3 is 3.14 bits per heavy atom. The van der Waals surface area contributed by atoms with Crippen molar-refractivity contribution in [1.82, 2.24) is 15.1 Å². The smallest absolute Gasteiger partial charge is 0.174 e. The summed E-state index contributed by atoms with van der Waals surface area (Å²) in [7, 11) is 0. The van der Waals surface area contributed by atoms with Crippen molar-refractivity contribution in [3.05, 3.63) is 54.4 Å². The molecule has 3 aromatic rings. The van der Waals surface area contributed by atoms with Gasteiger partial charge in [0.25, 0.3) is 0 Å². The predicted molar refractivity (Wildman–Crippen MR) is 115 cm³/mol. The Bertz CT molecular complexity index is 1210. The zero-order valence-corrected chi connectivity index (χ0v) is 15.6. The average molecular weight is 385 g/mol. The van der Waals surface area contributed by atoms with Crippen molar-refractivity contribution in [1.29, 1.82) is 0 Å². The first-order chi connectivity index (χ1) is 14.3. The Morgan fingerprint density at radius 2 is 2.14 bits per heavy atom. The Hall–Kier alpha value is -3.81. The van der Waals surface area contributed by atoms with E-state index in [0.29, 0.717) is 6.61 Å². The summed E-state index contributed by atoms with van der Waals surface area (Å²) in [4.78, 5) is 11.7. The van der Waals surface area contributed by atoms with Crippen LogP contribution in [0.5, 0.6) is 5.75 Å². The van der Waals surface area contributed by atoms with Gasteiger partial charge in [-0.3, -0.25) is 10.1 Å². The molecule has 0 unspecified atom stereocenters. The predicted octanol–water partition coefficient (Wildman–Crippen LogP) is 2.90. The summed E-state index contributed by atoms with van der Waals surface area (Å²) in [6.07, 6.45) is 3.89. The number of rotatable bonds is 2. The molecule has 0 amide bonds. The van der Waals surface area contributed by atoms with Crippen molar-refractivity contribution < 1.29 is 4.74 Å². The lowest BCUT2D eigenvalue weighted by molar-refractivity contribution is 0.323. The largest absolute Gasteiger partial charge is 0.490 e. The first-order valence-electron chi connectivity index (χ1n) is 9.67. The molecular weight excluding hydrogens is 366 g/mol. The molecule has 2 aromatic carbocycles. The number of hydrogen-bond donors (Lipinski definition) is 3. The van der Waals surface area contributed by atoms with Gasteiger partial charge in [0.1, 0.15) is 12.4 Å². The molecule has 0 aliphatic carbocycles. The standard InChI is InChI=1S/C21H19N7O/c1-2-14-11-24-27-17(14)9-13(1)18-12-28-7-5-23-21(28)20(26-18)25-15-3-4-16-19(10-15)29-8-6-22-16/h1-4,9-12,22H,5-8H2,(H,24,27)(H,25,26). The maximum atomic E-state index is 5.76. The van der Waals surface area contributed by atoms with E-state index in [0.717, 1.165) is 70.6 Å². The molecule has 4 heterocycles. The topological polar surface area (TPSA) is 89.9 Å². The molecule has 3 aliphatic heterocycles. The van der Waals surface area contributed by atoms with Crippen molar-refractivity contribution in [2.45, 2.75) is 0 Å². The summed E-state index contributed by atoms with van der Waals surface area (Å²) in [5, 5.41) is 15.0. The SMILES string of the molecule is C1=C(c2ccc3cn[nH]c3c2)N=C(Nc2ccc3c(c2)OCCN3)C2=NCCN12. The molecule has 6 rings (SSSR count). The molecule has 29 heavy (non-hydrogen) atoms. The van der Waals surface area contributed by atoms with Crippen LogP contribution in [0.1, 0.15) is 5.56 Å². The Kier molecular flexibility index (Phi) is 3.55. The number of nitrogens with one attached hydrogen (secondary N) is 3. The third-order valence-electron chi connectivity index (χ3n) is 5.25. The summed E-state index contributed by atoms with van der Waals surface area (Å²) in [6, 6.07) is 12.2. The molecule has 0 radical (unpaired) electrons. The molecule has 3 aliphatic rings. The van der Waals surface area contributed by atoms with E-state index in [-0.39, 0.29) is 0 Å². The number of H-pyrrole nitrogens is 1. The van der Waals surface area contributed by atoms with Crippen LogP contribution < -0.4 is 15.4 Å². The molecule has 3 N–H and O–H groups in total. The second kappa shape index (κ2) is 6.37. The van der Waals surface area contributed by atoms with Crippen LogP contribution >= 0.6 is 0 Å². The van der Waals surface area contributed by atoms with Crippen LogP contribution in [0, 0.1) is 0 Å². The molecule has 0 atom stereocenters. The van der Waals surface area contributed by atoms with Gasteiger partial charge in [-0.15, -0.1) is 0 Å². The summed E-state index contributed by atoms with van der Waals surface area (Å²) in [5.41, 5.74) is 4.85. The molecule has 8 heteroatoms. The van der Waals surface area contributed by atoms with Crippen LogP contribution in [0.15, 0.2) is 58.8 Å². The van der Waals surface area contributed by atoms with Gasteiger partial charge in [0.05, 0.1) is 29.6 Å². The van der Waals surface area contributed by atoms with E-state index in [1.165, 1.54) is 0 Å². The van der Waals surface area contributed by atoms with Gasteiger partial charge >= 0.3 is 0 Å². The van der Waals surface area contributed by atoms with Crippen molar-refractivity contribution in [2.75, 3.05) is 36.9 Å². The molecule has 0 saturated carbocycles. The number of anilines is 2. The van der Waals surface area contributed by atoms with Crippen molar-refractivity contribution >= 4 is 39.6 Å². The fourth-order valence-corrected chi connectivity index (χ4v) is 3.81. The van der Waals surface area contributed by atoms with Gasteiger partial charge < -0.3 is 20.3 Å². The van der Waals surface area contributed by atoms with Crippen LogP contribution in [0.2, 0.25) is 0 Å². The summed E-state index contributed by atoms with van der Waals surface area (Å²) < 4.78 is 5.76. The van der Waals surface area contributed by atoms with E-state index in [2.05, 4.69) is 55.1 Å². The fourth-order valence-electron chi connectivity index (χ4n) is 3.81. The van der Waals surface area contributed by atoms with Gasteiger partial charge in [0.15, 0.2) is 11.7 Å². The summed E-state index contributed by atoms with van der Waals surface area (Å²) in [5.74, 6) is 2.46. The number of fused-ring (bicyclic) bond motifs is 3. The normalized spacial score (nSPS) is 17.5. The second-order valence-electron chi connectivity index (χ2n) is 7.16. The first kappa shape index (κ1) is 16.2. The van der Waals surface area contributed by atoms with Crippen molar-refractivity contribution in [2.24, 2.45) is 9.98 Å². The van der Waals surface area contributed by atoms with E-state index >= 15 is 0 Å². The van der Waals surface area contributed by atoms with Crippen LogP contribution in [-0.2, 0) is 0 Å². The van der Waals surface area contributed by atoms with Gasteiger partial charge in [-0.05, 0) is 18.2 Å². The quantitative estimate of drug-likeness (QED) is 0.631. The maximum Gasteiger partial charge on any atom is 0.174 e. The summed E-state index contributed by atoms with van der Waals surface area (Å²) >= 11 is 0. The van der Waals surface area contributed by atoms with Gasteiger partial charge in [-0.25, -0.2) is 4.99 Å². The lowest BCUT2D eigenvalue weighted by Crippen LogP contribution is -2.36. The highest BCUT2D eigenvalue weighted by atomic mass is 16.5. The lowest BCUT2D eigenvalue weighted by atomic mass is 10.1. The molecule has 0 fully saturated rings. The van der Waals surface area contributed by atoms with Crippen molar-refractivity contribution in [3.63, 3.8) is 0 Å². The zero-order chi connectivity index (χ0) is 19.2. The number of benzene rings is 2. The summed E-state index contributed by atoms with van der Waals surface area (Å²) in [6.45, 7) is 3.10. The number of nitrogens with zero attached hydrogens (tertiary/aromatic N) is 4. The minimum absolute atomic E-state index is 0.668. The average Bonchev–Trinajstić information content (AvgIpc) is 3.42. The third kappa shape index (κ3) is 2.80. The van der Waals surface area contributed by atoms with Crippen LogP contribution in [-0.4, -0.2) is 53.0 Å². The number of aromatic nitrogens is 2. The molecule has 1 aromatic heterocycles. The highest BCUT2D eigenvalue weighted by Gasteiger charge is 2.26. The minimum Gasteiger partial charge on any atom is -0.490 e. The highest BCUT2D eigenvalue weighted by molar-refractivity contribution is 6.46. The second-order valence-corrected chi connectivity index (χ2v) is 7.16. The monoisotopic (exact) mass is 385 g/mol. The Morgan fingerprint density at radius 1 is 1.14 bits per heavy atom. The highest BCUT2D eigenvalue weighted by Crippen LogP contribution is 2.31. The van der Waals surface area contributed by atoms with Gasteiger partial charge in [0.2, 0.25) is 0 Å². The van der Waals surface area contributed by atoms with E-state index in [1.807, 2.05) is 24.4 Å². The third-order valence-corrected chi connectivity index (χ3v) is 5.25. The number of amidine groups is 2. The van der Waals surface area contributed by atoms with Gasteiger partial charge in [0, 0.05) is 42.0 Å². The van der Waals surface area contributed by atoms with E-state index < -0.39 is 0 Å². The molecule has 0 spiro atoms. The van der Waals surface area contributed by atoms with E-state index in [4.69, 9.17) is 9.73 Å². The number of ether oxygens (including phenoxy) is 1. The van der Waals surface area contributed by atoms with Gasteiger partial charge in [-0.2, -0.15) is 5.10 Å². The van der Waals surface area contributed by atoms with Gasteiger partial charge in [-0.1, -0.05) is 12.1 Å². The van der Waals surface area contributed by atoms with Crippen LogP contribution in [0.4, 0.5) is 11.4 Å². The van der Waals surface area contributed by atoms with Crippen LogP contribution in [0.3, 0.4) is 0 Å². The Labute approximate surface area is 167 Å². The molecule has 0 bridgehead atoms. The molecule has 8 nitrogen and oxygen atoms in total. The number of aliphatic imine (C=N–C) groups is 2. The van der Waals surface area contributed by atoms with E-state index in [1.54, 1.807) is 0 Å². The molecular formula is C21H19N7O. The number of aromatic amines is 1. The zero-order valence-electron chi connectivity index (χ0n) is 15.6. The minimum atomic E-state index is 0.668. The molecule has 0 saturated heterocycles.